The molecule has 0 aliphatic rings. The van der Waals surface area contributed by atoms with Crippen LogP contribution in [0.5, 0.6) is 0 Å². The lowest BCUT2D eigenvalue weighted by atomic mass is 9.88. The summed E-state index contributed by atoms with van der Waals surface area (Å²) in [6.45, 7) is 6.65. The van der Waals surface area contributed by atoms with Crippen LogP contribution in [0.25, 0.3) is 0 Å². The maximum absolute atomic E-state index is 10.7. The zero-order chi connectivity index (χ0) is 19.7. The number of aliphatic hydroxyl groups is 2. The zero-order valence-corrected chi connectivity index (χ0v) is 17.5. The molecule has 2 atom stereocenters. The molecule has 0 spiro atoms. The van der Waals surface area contributed by atoms with E-state index in [1.165, 1.54) is 0 Å². The third kappa shape index (κ3) is 7.95. The van der Waals surface area contributed by atoms with E-state index in [9.17, 15) is 5.11 Å². The normalized spacial score (nSPS) is 14.3. The molecule has 2 unspecified atom stereocenters. The van der Waals surface area contributed by atoms with Gasteiger partial charge in [0.15, 0.2) is 0 Å². The third-order valence-electron chi connectivity index (χ3n) is 4.08. The minimum atomic E-state index is -1.56. The molecule has 5 heteroatoms. The molecule has 2 aromatic rings. The Kier molecular flexibility index (Phi) is 8.66. The quantitative estimate of drug-likeness (QED) is 0.485. The Morgan fingerprint density at radius 1 is 0.926 bits per heavy atom. The number of hydrogen-bond donors (Lipinski definition) is 2. The van der Waals surface area contributed by atoms with Crippen molar-refractivity contribution in [3.8, 4) is 0 Å². The molecular weight excluding hydrogens is 356 g/mol. The highest BCUT2D eigenvalue weighted by Crippen LogP contribution is 2.25. The van der Waals surface area contributed by atoms with Crippen LogP contribution in [0.1, 0.15) is 33.6 Å². The maximum Gasteiger partial charge on any atom is 0.285 e. The average molecular weight is 388 g/mol. The van der Waals surface area contributed by atoms with Gasteiger partial charge in [-0.1, -0.05) is 81.4 Å². The molecule has 0 bridgehead atoms. The largest absolute Gasteiger partial charge is 0.394 e. The van der Waals surface area contributed by atoms with Gasteiger partial charge in [-0.2, -0.15) is 0 Å². The van der Waals surface area contributed by atoms with Gasteiger partial charge in [0.25, 0.3) is 9.04 Å². The number of benzene rings is 2. The molecule has 27 heavy (non-hydrogen) atoms. The summed E-state index contributed by atoms with van der Waals surface area (Å²) >= 11 is 0. The van der Waals surface area contributed by atoms with Crippen molar-refractivity contribution in [3.05, 3.63) is 60.7 Å². The van der Waals surface area contributed by atoms with E-state index in [0.29, 0.717) is 6.42 Å². The highest BCUT2D eigenvalue weighted by Gasteiger charge is 2.27. The first-order valence-electron chi connectivity index (χ1n) is 9.44. The third-order valence-corrected chi connectivity index (χ3v) is 6.30. The van der Waals surface area contributed by atoms with E-state index in [1.807, 2.05) is 60.7 Å². The second-order valence-electron chi connectivity index (χ2n) is 7.85. The Morgan fingerprint density at radius 2 is 1.44 bits per heavy atom. The molecule has 2 N–H and O–H groups in total. The fourth-order valence-corrected chi connectivity index (χ4v) is 4.97. The van der Waals surface area contributed by atoms with Crippen molar-refractivity contribution >= 4 is 19.4 Å². The molecule has 0 aliphatic carbocycles. The van der Waals surface area contributed by atoms with E-state index in [2.05, 4.69) is 20.8 Å². The van der Waals surface area contributed by atoms with Crippen molar-refractivity contribution < 1.29 is 19.4 Å². The van der Waals surface area contributed by atoms with Gasteiger partial charge in [-0.25, -0.2) is 0 Å². The molecular formula is C22H31O4Si. The van der Waals surface area contributed by atoms with E-state index in [0.717, 1.165) is 16.8 Å². The van der Waals surface area contributed by atoms with Crippen LogP contribution in [-0.2, 0) is 9.16 Å². The van der Waals surface area contributed by atoms with E-state index in [1.54, 1.807) is 0 Å². The van der Waals surface area contributed by atoms with Crippen molar-refractivity contribution in [2.75, 3.05) is 13.2 Å². The highest BCUT2D eigenvalue weighted by molar-refractivity contribution is 6.80. The summed E-state index contributed by atoms with van der Waals surface area (Å²) in [6.07, 6.45) is 0.0735. The fraction of sp³-hybridized carbons (Fsp3) is 0.455. The zero-order valence-electron chi connectivity index (χ0n) is 16.5. The van der Waals surface area contributed by atoms with E-state index in [4.69, 9.17) is 14.3 Å². The van der Waals surface area contributed by atoms with Crippen LogP contribution in [-0.4, -0.2) is 44.9 Å². The predicted octanol–water partition coefficient (Wildman–Crippen LogP) is 2.33. The van der Waals surface area contributed by atoms with Crippen LogP contribution in [0.15, 0.2) is 60.7 Å². The second-order valence-corrected chi connectivity index (χ2v) is 9.90. The maximum atomic E-state index is 10.7. The standard InChI is InChI=1S/C22H31O4Si/c1-22(2,3)17-18(25-15-14-23)16-21(24)26-27(19-10-6-4-7-11-19)20-12-8-5-9-13-20/h4-13,18,21,23-24H,14-17H2,1-3H3. The molecule has 0 amide bonds. The molecule has 147 valence electrons. The Bertz CT molecular complexity index is 603. The summed E-state index contributed by atoms with van der Waals surface area (Å²) < 4.78 is 11.9. The Hall–Kier alpha value is -1.50. The average Bonchev–Trinajstić information content (AvgIpc) is 2.64. The Morgan fingerprint density at radius 3 is 1.89 bits per heavy atom. The van der Waals surface area contributed by atoms with E-state index in [-0.39, 0.29) is 24.7 Å². The molecule has 0 saturated heterocycles. The second kappa shape index (κ2) is 10.7. The Balaban J connectivity index is 2.11. The van der Waals surface area contributed by atoms with Gasteiger partial charge in [-0.15, -0.1) is 0 Å². The van der Waals surface area contributed by atoms with Crippen LogP contribution in [0.3, 0.4) is 0 Å². The smallest absolute Gasteiger partial charge is 0.285 e. The van der Waals surface area contributed by atoms with Gasteiger partial charge < -0.3 is 19.4 Å². The molecule has 2 aromatic carbocycles. The van der Waals surface area contributed by atoms with Gasteiger partial charge in [-0.3, -0.25) is 0 Å². The van der Waals surface area contributed by atoms with Gasteiger partial charge in [-0.05, 0) is 22.2 Å². The van der Waals surface area contributed by atoms with Gasteiger partial charge in [0.2, 0.25) is 0 Å². The lowest BCUT2D eigenvalue weighted by Gasteiger charge is -2.29. The Labute approximate surface area is 164 Å². The molecule has 2 rings (SSSR count). The van der Waals surface area contributed by atoms with Crippen LogP contribution in [0.4, 0.5) is 0 Å². The monoisotopic (exact) mass is 387 g/mol. The van der Waals surface area contributed by atoms with Crippen molar-refractivity contribution in [2.45, 2.75) is 46.0 Å². The molecule has 0 saturated carbocycles. The number of aliphatic hydroxyl groups excluding tert-OH is 2. The van der Waals surface area contributed by atoms with Crippen molar-refractivity contribution in [1.29, 1.82) is 0 Å². The minimum absolute atomic E-state index is 0.0271. The summed E-state index contributed by atoms with van der Waals surface area (Å²) in [5.74, 6) is 0. The van der Waals surface area contributed by atoms with E-state index >= 15 is 0 Å². The highest BCUT2D eigenvalue weighted by atomic mass is 28.3. The fourth-order valence-electron chi connectivity index (χ4n) is 3.00. The molecule has 0 aliphatic heterocycles. The van der Waals surface area contributed by atoms with Crippen LogP contribution < -0.4 is 10.4 Å². The molecule has 0 heterocycles. The first-order chi connectivity index (χ1) is 12.9. The summed E-state index contributed by atoms with van der Waals surface area (Å²) in [5, 5.41) is 21.9. The van der Waals surface area contributed by atoms with Gasteiger partial charge >= 0.3 is 0 Å². The molecule has 1 radical (unpaired) electrons. The van der Waals surface area contributed by atoms with Crippen LogP contribution in [0, 0.1) is 5.41 Å². The topological polar surface area (TPSA) is 58.9 Å². The van der Waals surface area contributed by atoms with Gasteiger partial charge in [0.1, 0.15) is 6.29 Å². The SMILES string of the molecule is CC(C)(C)CC(CC(O)O[Si](c1ccccc1)c1ccccc1)OCCO. The van der Waals surface area contributed by atoms with Crippen molar-refractivity contribution in [1.82, 2.24) is 0 Å². The van der Waals surface area contributed by atoms with E-state index < -0.39 is 15.3 Å². The number of ether oxygens (including phenoxy) is 1. The van der Waals surface area contributed by atoms with Crippen LogP contribution >= 0.6 is 0 Å². The number of hydrogen-bond acceptors (Lipinski definition) is 4. The lowest BCUT2D eigenvalue weighted by Crippen LogP contribution is -2.47. The van der Waals surface area contributed by atoms with Crippen LogP contribution in [0.2, 0.25) is 0 Å². The molecule has 0 aromatic heterocycles. The molecule has 4 nitrogen and oxygen atoms in total. The molecule has 0 fully saturated rings. The first kappa shape index (κ1) is 21.8. The van der Waals surface area contributed by atoms with Crippen molar-refractivity contribution in [2.24, 2.45) is 5.41 Å². The number of rotatable bonds is 10. The summed E-state index contributed by atoms with van der Waals surface area (Å²) in [4.78, 5) is 0. The summed E-state index contributed by atoms with van der Waals surface area (Å²) in [6, 6.07) is 20.1. The lowest BCUT2D eigenvalue weighted by molar-refractivity contribution is -0.0802. The minimum Gasteiger partial charge on any atom is -0.394 e. The van der Waals surface area contributed by atoms with Crippen molar-refractivity contribution in [3.63, 3.8) is 0 Å². The predicted molar refractivity (Wildman–Crippen MR) is 111 cm³/mol. The summed E-state index contributed by atoms with van der Waals surface area (Å²) in [5.41, 5.74) is 0.0620. The van der Waals surface area contributed by atoms with Gasteiger partial charge in [0.05, 0.1) is 19.3 Å². The first-order valence-corrected chi connectivity index (χ1v) is 10.8. The summed E-state index contributed by atoms with van der Waals surface area (Å²) in [7, 11) is -1.56. The van der Waals surface area contributed by atoms with Gasteiger partial charge in [0, 0.05) is 6.42 Å².